The SMILES string of the molecule is CC(C)Oc1ccc(OCCN2CCOCC2)cc1C1Nc2ncccc2N1OC(=O)C(F)(F)F. The number of rotatable bonds is 8. The number of halogens is 3. The van der Waals surface area contributed by atoms with Crippen LogP contribution in [0.3, 0.4) is 0 Å². The van der Waals surface area contributed by atoms with Crippen molar-refractivity contribution in [1.29, 1.82) is 0 Å². The van der Waals surface area contributed by atoms with Crippen molar-refractivity contribution in [2.45, 2.75) is 32.3 Å². The van der Waals surface area contributed by atoms with Gasteiger partial charge in [-0.05, 0) is 44.2 Å². The minimum atomic E-state index is -5.17. The molecule has 2 aliphatic rings. The van der Waals surface area contributed by atoms with Crippen molar-refractivity contribution in [2.75, 3.05) is 49.8 Å². The second kappa shape index (κ2) is 10.6. The summed E-state index contributed by atoms with van der Waals surface area (Å²) >= 11 is 0. The van der Waals surface area contributed by atoms with Gasteiger partial charge in [0.25, 0.3) is 0 Å². The van der Waals surface area contributed by atoms with E-state index < -0.39 is 18.3 Å². The van der Waals surface area contributed by atoms with Crippen LogP contribution in [0, 0.1) is 0 Å². The van der Waals surface area contributed by atoms with Crippen molar-refractivity contribution in [3.05, 3.63) is 42.1 Å². The van der Waals surface area contributed by atoms with Crippen LogP contribution in [0.5, 0.6) is 11.5 Å². The van der Waals surface area contributed by atoms with Gasteiger partial charge in [-0.15, -0.1) is 0 Å². The Morgan fingerprint density at radius 3 is 2.74 bits per heavy atom. The lowest BCUT2D eigenvalue weighted by atomic mass is 10.1. The Morgan fingerprint density at radius 1 is 1.26 bits per heavy atom. The van der Waals surface area contributed by atoms with Crippen molar-refractivity contribution in [2.24, 2.45) is 0 Å². The van der Waals surface area contributed by atoms with Crippen LogP contribution >= 0.6 is 0 Å². The van der Waals surface area contributed by atoms with Crippen molar-refractivity contribution < 1.29 is 37.0 Å². The topological polar surface area (TPSA) is 85.4 Å². The largest absolute Gasteiger partial charge is 0.493 e. The van der Waals surface area contributed by atoms with Gasteiger partial charge in [0.1, 0.15) is 23.8 Å². The highest BCUT2D eigenvalue weighted by Gasteiger charge is 2.46. The molecule has 1 fully saturated rings. The number of morpholine rings is 1. The average Bonchev–Trinajstić information content (AvgIpc) is 3.18. The number of carbonyl (C=O) groups is 1. The summed E-state index contributed by atoms with van der Waals surface area (Å²) in [5.74, 6) is -1.18. The number of hydrogen-bond donors (Lipinski definition) is 1. The van der Waals surface area contributed by atoms with Gasteiger partial charge in [0.05, 0.1) is 19.3 Å². The predicted molar refractivity (Wildman–Crippen MR) is 120 cm³/mol. The maximum atomic E-state index is 13.0. The van der Waals surface area contributed by atoms with Crippen molar-refractivity contribution in [1.82, 2.24) is 9.88 Å². The van der Waals surface area contributed by atoms with E-state index in [1.165, 1.54) is 18.3 Å². The summed E-state index contributed by atoms with van der Waals surface area (Å²) in [6.45, 7) is 7.79. The molecule has 0 radical (unpaired) electrons. The van der Waals surface area contributed by atoms with Gasteiger partial charge >= 0.3 is 12.1 Å². The van der Waals surface area contributed by atoms with Crippen LogP contribution in [0.25, 0.3) is 0 Å². The van der Waals surface area contributed by atoms with Crippen LogP contribution in [0.1, 0.15) is 25.6 Å². The molecule has 1 saturated heterocycles. The molecule has 1 aromatic carbocycles. The molecule has 0 bridgehead atoms. The zero-order valence-corrected chi connectivity index (χ0v) is 19.4. The number of aromatic nitrogens is 1. The van der Waals surface area contributed by atoms with Gasteiger partial charge in [0.2, 0.25) is 0 Å². The van der Waals surface area contributed by atoms with E-state index in [1.54, 1.807) is 18.2 Å². The van der Waals surface area contributed by atoms with Crippen LogP contribution in [0.4, 0.5) is 24.7 Å². The molecular formula is C23H27F3N4O5. The highest BCUT2D eigenvalue weighted by molar-refractivity contribution is 5.80. The third-order valence-corrected chi connectivity index (χ3v) is 5.36. The van der Waals surface area contributed by atoms with Crippen LogP contribution < -0.4 is 19.9 Å². The number of benzene rings is 1. The Balaban J connectivity index is 1.60. The number of nitrogens with one attached hydrogen (secondary N) is 1. The zero-order valence-electron chi connectivity index (χ0n) is 19.4. The molecule has 4 rings (SSSR count). The summed E-state index contributed by atoms with van der Waals surface area (Å²) in [7, 11) is 0. The van der Waals surface area contributed by atoms with Gasteiger partial charge < -0.3 is 24.4 Å². The minimum Gasteiger partial charge on any atom is -0.492 e. The molecule has 2 aromatic rings. The molecular weight excluding hydrogens is 469 g/mol. The fraction of sp³-hybridized carbons (Fsp3) is 0.478. The summed E-state index contributed by atoms with van der Waals surface area (Å²) in [5.41, 5.74) is 0.611. The molecule has 1 N–H and O–H groups in total. The Labute approximate surface area is 200 Å². The molecule has 190 valence electrons. The molecule has 12 heteroatoms. The van der Waals surface area contributed by atoms with Crippen molar-refractivity contribution in [3.63, 3.8) is 0 Å². The van der Waals surface area contributed by atoms with E-state index in [0.717, 1.165) is 18.2 Å². The molecule has 35 heavy (non-hydrogen) atoms. The number of nitrogens with zero attached hydrogens (tertiary/aromatic N) is 3. The maximum absolute atomic E-state index is 13.0. The zero-order chi connectivity index (χ0) is 25.0. The average molecular weight is 496 g/mol. The molecule has 0 spiro atoms. The van der Waals surface area contributed by atoms with Crippen LogP contribution in [-0.2, 0) is 14.4 Å². The monoisotopic (exact) mass is 496 g/mol. The van der Waals surface area contributed by atoms with Crippen LogP contribution in [-0.4, -0.2) is 67.6 Å². The number of anilines is 2. The first-order valence-corrected chi connectivity index (χ1v) is 11.3. The number of hydrogen-bond acceptors (Lipinski definition) is 9. The van der Waals surface area contributed by atoms with Crippen LogP contribution in [0.2, 0.25) is 0 Å². The summed E-state index contributed by atoms with van der Waals surface area (Å²) in [6, 6.07) is 8.11. The lowest BCUT2D eigenvalue weighted by Gasteiger charge is -2.28. The van der Waals surface area contributed by atoms with Crippen molar-refractivity contribution >= 4 is 17.5 Å². The molecule has 1 atom stereocenters. The van der Waals surface area contributed by atoms with Gasteiger partial charge in [0, 0.05) is 31.4 Å². The summed E-state index contributed by atoms with van der Waals surface area (Å²) in [6.07, 6.45) is -4.93. The number of alkyl halides is 3. The molecule has 1 unspecified atom stereocenters. The number of fused-ring (bicyclic) bond motifs is 1. The van der Waals surface area contributed by atoms with Gasteiger partial charge in [-0.3, -0.25) is 4.90 Å². The number of carbonyl (C=O) groups excluding carboxylic acids is 1. The van der Waals surface area contributed by atoms with E-state index in [1.807, 2.05) is 13.8 Å². The molecule has 1 aromatic heterocycles. The molecule has 0 saturated carbocycles. The molecule has 9 nitrogen and oxygen atoms in total. The van der Waals surface area contributed by atoms with E-state index >= 15 is 0 Å². The lowest BCUT2D eigenvalue weighted by Crippen LogP contribution is -2.38. The second-order valence-electron chi connectivity index (χ2n) is 8.29. The summed E-state index contributed by atoms with van der Waals surface area (Å²) < 4.78 is 56.2. The Bertz CT molecular complexity index is 1030. The third-order valence-electron chi connectivity index (χ3n) is 5.36. The van der Waals surface area contributed by atoms with E-state index in [2.05, 4.69) is 15.2 Å². The number of pyridine rings is 1. The first-order valence-electron chi connectivity index (χ1n) is 11.3. The minimum absolute atomic E-state index is 0.184. The first kappa shape index (κ1) is 24.9. The Kier molecular flexibility index (Phi) is 7.51. The maximum Gasteiger partial charge on any atom is 0.493 e. The smallest absolute Gasteiger partial charge is 0.492 e. The number of hydroxylamine groups is 1. The standard InChI is InChI=1S/C23H27F3N4O5/c1-15(2)34-19-6-5-16(33-13-10-29-8-11-32-12-9-29)14-17(19)21-28-20-18(4-3-7-27-20)30(21)35-22(31)23(24,25)26/h3-7,14-15,21H,8-13H2,1-2H3,(H,27,28). The van der Waals surface area contributed by atoms with E-state index in [-0.39, 0.29) is 17.6 Å². The summed E-state index contributed by atoms with van der Waals surface area (Å²) in [5, 5.41) is 3.88. The lowest BCUT2D eigenvalue weighted by molar-refractivity contribution is -0.201. The van der Waals surface area contributed by atoms with Crippen molar-refractivity contribution in [3.8, 4) is 11.5 Å². The van der Waals surface area contributed by atoms with Gasteiger partial charge in [0.15, 0.2) is 12.0 Å². The number of ether oxygens (including phenoxy) is 3. The Morgan fingerprint density at radius 2 is 2.03 bits per heavy atom. The second-order valence-corrected chi connectivity index (χ2v) is 8.29. The normalized spacial score (nSPS) is 18.2. The third kappa shape index (κ3) is 6.06. The van der Waals surface area contributed by atoms with E-state index in [9.17, 15) is 18.0 Å². The van der Waals surface area contributed by atoms with Gasteiger partial charge in [-0.2, -0.15) is 18.2 Å². The summed E-state index contributed by atoms with van der Waals surface area (Å²) in [4.78, 5) is 22.9. The van der Waals surface area contributed by atoms with E-state index in [4.69, 9.17) is 19.0 Å². The molecule has 0 amide bonds. The molecule has 2 aliphatic heterocycles. The fourth-order valence-corrected chi connectivity index (χ4v) is 3.77. The highest BCUT2D eigenvalue weighted by Crippen LogP contribution is 2.44. The quantitative estimate of drug-likeness (QED) is 0.590. The predicted octanol–water partition coefficient (Wildman–Crippen LogP) is 3.53. The highest BCUT2D eigenvalue weighted by atomic mass is 19.4. The Hall–Kier alpha value is -3.25. The molecule has 3 heterocycles. The molecule has 0 aliphatic carbocycles. The van der Waals surface area contributed by atoms with E-state index in [0.29, 0.717) is 43.4 Å². The van der Waals surface area contributed by atoms with Gasteiger partial charge in [-0.1, -0.05) is 0 Å². The van der Waals surface area contributed by atoms with Crippen LogP contribution in [0.15, 0.2) is 36.5 Å². The fourth-order valence-electron chi connectivity index (χ4n) is 3.77. The van der Waals surface area contributed by atoms with Gasteiger partial charge in [-0.25, -0.2) is 9.78 Å². The first-order chi connectivity index (χ1) is 16.7.